The molecule has 31 heavy (non-hydrogen) atoms. The summed E-state index contributed by atoms with van der Waals surface area (Å²) in [4.78, 5) is 27.2. The van der Waals surface area contributed by atoms with Gasteiger partial charge in [0.25, 0.3) is 5.91 Å². The van der Waals surface area contributed by atoms with E-state index in [-0.39, 0.29) is 36.3 Å². The van der Waals surface area contributed by atoms with Gasteiger partial charge in [0.05, 0.1) is 6.04 Å². The molecule has 0 bridgehead atoms. The monoisotopic (exact) mass is 425 g/mol. The Labute approximate surface area is 183 Å². The van der Waals surface area contributed by atoms with Gasteiger partial charge >= 0.3 is 0 Å². The van der Waals surface area contributed by atoms with Gasteiger partial charge in [0.1, 0.15) is 11.6 Å². The summed E-state index contributed by atoms with van der Waals surface area (Å²) in [5.41, 5.74) is 0. The van der Waals surface area contributed by atoms with E-state index >= 15 is 0 Å². The van der Waals surface area contributed by atoms with Gasteiger partial charge in [-0.3, -0.25) is 9.59 Å². The number of nitrogens with one attached hydrogen (secondary N) is 1. The Balaban J connectivity index is 1.28. The van der Waals surface area contributed by atoms with Crippen LogP contribution < -0.4 is 10.1 Å². The van der Waals surface area contributed by atoms with Crippen LogP contribution in [0.2, 0.25) is 0 Å². The maximum Gasteiger partial charge on any atom is 0.260 e. The molecule has 166 valence electrons. The summed E-state index contributed by atoms with van der Waals surface area (Å²) in [5, 5.41) is 11.9. The van der Waals surface area contributed by atoms with Crippen molar-refractivity contribution in [2.45, 2.75) is 52.1 Å². The molecule has 0 spiro atoms. The molecule has 1 N–H and O–H groups in total. The molecule has 8 heteroatoms. The van der Waals surface area contributed by atoms with E-state index < -0.39 is 0 Å². The topological polar surface area (TPSA) is 89.3 Å². The van der Waals surface area contributed by atoms with Crippen molar-refractivity contribution in [3.8, 4) is 5.75 Å². The number of hydrogen-bond donors (Lipinski definition) is 1. The van der Waals surface area contributed by atoms with Crippen molar-refractivity contribution in [1.29, 1.82) is 0 Å². The molecule has 4 rings (SSSR count). The van der Waals surface area contributed by atoms with E-state index in [0.717, 1.165) is 31.0 Å². The van der Waals surface area contributed by atoms with Crippen molar-refractivity contribution in [2.24, 2.45) is 11.8 Å². The Morgan fingerprint density at radius 1 is 1.13 bits per heavy atom. The maximum absolute atomic E-state index is 13.0. The van der Waals surface area contributed by atoms with Crippen LogP contribution in [0.15, 0.2) is 30.3 Å². The number of aromatic nitrogens is 3. The van der Waals surface area contributed by atoms with E-state index in [1.54, 1.807) is 4.90 Å². The van der Waals surface area contributed by atoms with E-state index in [1.165, 1.54) is 0 Å². The number of aryl methyl sites for hydroxylation is 1. The van der Waals surface area contributed by atoms with E-state index in [1.807, 2.05) is 30.3 Å². The number of ether oxygens (including phenoxy) is 1. The number of amides is 2. The molecule has 2 aliphatic rings. The molecular formula is C23H31N5O3. The molecule has 2 aromatic rings. The Morgan fingerprint density at radius 3 is 2.58 bits per heavy atom. The molecule has 2 aliphatic heterocycles. The number of para-hydroxylation sites is 1. The molecule has 0 saturated carbocycles. The summed E-state index contributed by atoms with van der Waals surface area (Å²) >= 11 is 0. The standard InChI is InChI=1S/C23H31N5O3/c1-16(2)21(22-26-25-19-9-6-12-28(19)22)24-23(30)17-10-13-27(14-11-17)20(29)15-31-18-7-4-3-5-8-18/h3-5,7-8,16-17,21H,6,9-15H2,1-2H3,(H,24,30)/t21-/m0/s1. The first-order chi connectivity index (χ1) is 15.0. The SMILES string of the molecule is CC(C)[C@H](NC(=O)C1CCN(C(=O)COc2ccccc2)CC1)c1nnc2n1CCC2. The molecule has 2 amide bonds. The molecule has 3 heterocycles. The van der Waals surface area contributed by atoms with Crippen molar-refractivity contribution in [3.05, 3.63) is 42.0 Å². The minimum Gasteiger partial charge on any atom is -0.484 e. The van der Waals surface area contributed by atoms with Gasteiger partial charge in [-0.25, -0.2) is 0 Å². The quantitative estimate of drug-likeness (QED) is 0.736. The smallest absolute Gasteiger partial charge is 0.260 e. The van der Waals surface area contributed by atoms with Crippen LogP contribution in [0.4, 0.5) is 0 Å². The first-order valence-corrected chi connectivity index (χ1v) is 11.2. The lowest BCUT2D eigenvalue weighted by molar-refractivity contribution is -0.137. The van der Waals surface area contributed by atoms with E-state index in [0.29, 0.717) is 31.7 Å². The zero-order valence-corrected chi connectivity index (χ0v) is 18.3. The highest BCUT2D eigenvalue weighted by molar-refractivity contribution is 5.81. The lowest BCUT2D eigenvalue weighted by atomic mass is 9.94. The predicted octanol–water partition coefficient (Wildman–Crippen LogP) is 2.36. The number of carbonyl (C=O) groups is 2. The normalized spacial score (nSPS) is 17.5. The van der Waals surface area contributed by atoms with Crippen LogP contribution in [-0.2, 0) is 22.6 Å². The van der Waals surface area contributed by atoms with Crippen molar-refractivity contribution in [1.82, 2.24) is 25.0 Å². The second kappa shape index (κ2) is 9.49. The Kier molecular flexibility index (Phi) is 6.53. The fourth-order valence-electron chi connectivity index (χ4n) is 4.35. The first kappa shape index (κ1) is 21.3. The first-order valence-electron chi connectivity index (χ1n) is 11.2. The number of likely N-dealkylation sites (tertiary alicyclic amines) is 1. The number of nitrogens with zero attached hydrogens (tertiary/aromatic N) is 4. The third-order valence-corrected chi connectivity index (χ3v) is 6.20. The van der Waals surface area contributed by atoms with Gasteiger partial charge in [-0.2, -0.15) is 0 Å². The van der Waals surface area contributed by atoms with Gasteiger partial charge in [0.2, 0.25) is 5.91 Å². The summed E-state index contributed by atoms with van der Waals surface area (Å²) in [6, 6.07) is 9.18. The number of piperidine rings is 1. The number of fused-ring (bicyclic) bond motifs is 1. The van der Waals surface area contributed by atoms with Crippen molar-refractivity contribution < 1.29 is 14.3 Å². The highest BCUT2D eigenvalue weighted by Gasteiger charge is 2.32. The minimum absolute atomic E-state index is 0.0221. The molecule has 0 unspecified atom stereocenters. The fourth-order valence-corrected chi connectivity index (χ4v) is 4.35. The van der Waals surface area contributed by atoms with E-state index in [4.69, 9.17) is 4.74 Å². The Bertz CT molecular complexity index is 903. The third-order valence-electron chi connectivity index (χ3n) is 6.20. The largest absolute Gasteiger partial charge is 0.484 e. The molecule has 1 saturated heterocycles. The zero-order valence-electron chi connectivity index (χ0n) is 18.3. The van der Waals surface area contributed by atoms with Crippen LogP contribution in [0, 0.1) is 11.8 Å². The lowest BCUT2D eigenvalue weighted by Crippen LogP contribution is -2.45. The summed E-state index contributed by atoms with van der Waals surface area (Å²) in [7, 11) is 0. The van der Waals surface area contributed by atoms with Gasteiger partial charge in [-0.1, -0.05) is 32.0 Å². The Morgan fingerprint density at radius 2 is 1.87 bits per heavy atom. The van der Waals surface area contributed by atoms with Crippen LogP contribution in [0.3, 0.4) is 0 Å². The maximum atomic E-state index is 13.0. The summed E-state index contributed by atoms with van der Waals surface area (Å²) in [6.07, 6.45) is 3.35. The molecule has 0 aliphatic carbocycles. The van der Waals surface area contributed by atoms with Crippen LogP contribution >= 0.6 is 0 Å². The number of rotatable bonds is 7. The van der Waals surface area contributed by atoms with Gasteiger partial charge in [0, 0.05) is 32.0 Å². The Hall–Kier alpha value is -2.90. The summed E-state index contributed by atoms with van der Waals surface area (Å²) < 4.78 is 7.72. The lowest BCUT2D eigenvalue weighted by Gasteiger charge is -2.32. The van der Waals surface area contributed by atoms with E-state index in [2.05, 4.69) is 33.9 Å². The van der Waals surface area contributed by atoms with Gasteiger partial charge in [-0.05, 0) is 37.3 Å². The molecule has 8 nitrogen and oxygen atoms in total. The van der Waals surface area contributed by atoms with Crippen LogP contribution in [-0.4, -0.2) is 51.2 Å². The third kappa shape index (κ3) is 4.89. The minimum atomic E-state index is -0.147. The number of hydrogen-bond acceptors (Lipinski definition) is 5. The van der Waals surface area contributed by atoms with Crippen LogP contribution in [0.1, 0.15) is 50.8 Å². The predicted molar refractivity (Wildman–Crippen MR) is 115 cm³/mol. The summed E-state index contributed by atoms with van der Waals surface area (Å²) in [5.74, 6) is 2.69. The molecule has 1 aromatic heterocycles. The molecule has 0 radical (unpaired) electrons. The van der Waals surface area contributed by atoms with E-state index in [9.17, 15) is 9.59 Å². The highest BCUT2D eigenvalue weighted by atomic mass is 16.5. The molecule has 1 aromatic carbocycles. The molecule has 1 atom stereocenters. The average Bonchev–Trinajstić information content (AvgIpc) is 3.41. The van der Waals surface area contributed by atoms with Crippen LogP contribution in [0.25, 0.3) is 0 Å². The second-order valence-electron chi connectivity index (χ2n) is 8.72. The van der Waals surface area contributed by atoms with Crippen molar-refractivity contribution in [3.63, 3.8) is 0 Å². The average molecular weight is 426 g/mol. The van der Waals surface area contributed by atoms with Crippen LogP contribution in [0.5, 0.6) is 5.75 Å². The van der Waals surface area contributed by atoms with Crippen molar-refractivity contribution in [2.75, 3.05) is 19.7 Å². The molecular weight excluding hydrogens is 394 g/mol. The fraction of sp³-hybridized carbons (Fsp3) is 0.565. The second-order valence-corrected chi connectivity index (χ2v) is 8.72. The number of carbonyl (C=O) groups excluding carboxylic acids is 2. The van der Waals surface area contributed by atoms with Gasteiger partial charge < -0.3 is 19.5 Å². The van der Waals surface area contributed by atoms with Gasteiger partial charge in [-0.15, -0.1) is 10.2 Å². The van der Waals surface area contributed by atoms with Crippen molar-refractivity contribution >= 4 is 11.8 Å². The molecule has 1 fully saturated rings. The highest BCUT2D eigenvalue weighted by Crippen LogP contribution is 2.26. The van der Waals surface area contributed by atoms with Gasteiger partial charge in [0.15, 0.2) is 12.4 Å². The zero-order chi connectivity index (χ0) is 21.8. The number of benzene rings is 1. The summed E-state index contributed by atoms with van der Waals surface area (Å²) in [6.45, 7) is 6.27.